The minimum absolute atomic E-state index is 0.0978. The molecule has 0 unspecified atom stereocenters. The molecule has 0 saturated carbocycles. The van der Waals surface area contributed by atoms with E-state index in [0.29, 0.717) is 30.6 Å². The van der Waals surface area contributed by atoms with Gasteiger partial charge in [0.1, 0.15) is 11.9 Å². The summed E-state index contributed by atoms with van der Waals surface area (Å²) >= 11 is 7.65. The molecule has 7 nitrogen and oxygen atoms in total. The van der Waals surface area contributed by atoms with Crippen molar-refractivity contribution in [3.8, 4) is 0 Å². The first kappa shape index (κ1) is 24.5. The van der Waals surface area contributed by atoms with Crippen molar-refractivity contribution in [1.82, 2.24) is 14.3 Å². The van der Waals surface area contributed by atoms with E-state index in [4.69, 9.17) is 16.3 Å². The van der Waals surface area contributed by atoms with Crippen molar-refractivity contribution in [3.63, 3.8) is 0 Å². The Morgan fingerprint density at radius 1 is 1.19 bits per heavy atom. The van der Waals surface area contributed by atoms with Crippen LogP contribution in [0.25, 0.3) is 0 Å². The van der Waals surface area contributed by atoms with Gasteiger partial charge in [-0.3, -0.25) is 0 Å². The Hall–Kier alpha value is -1.17. The topological polar surface area (TPSA) is 75.6 Å². The second kappa shape index (κ2) is 10.6. The van der Waals surface area contributed by atoms with Gasteiger partial charge < -0.3 is 4.74 Å². The van der Waals surface area contributed by atoms with Crippen molar-refractivity contribution in [3.05, 3.63) is 47.1 Å². The summed E-state index contributed by atoms with van der Waals surface area (Å²) in [4.78, 5) is 8.77. The molecule has 0 aliphatic carbocycles. The number of halogens is 1. The summed E-state index contributed by atoms with van der Waals surface area (Å²) in [5, 5.41) is 0.628. The van der Waals surface area contributed by atoms with E-state index in [0.717, 1.165) is 18.0 Å². The zero-order valence-corrected chi connectivity index (χ0v) is 21.5. The van der Waals surface area contributed by atoms with Crippen molar-refractivity contribution in [2.75, 3.05) is 30.7 Å². The summed E-state index contributed by atoms with van der Waals surface area (Å²) in [7, 11) is -5.03. The van der Waals surface area contributed by atoms with Gasteiger partial charge in [0, 0.05) is 39.6 Å². The molecule has 1 aliphatic heterocycles. The fourth-order valence-electron chi connectivity index (χ4n) is 2.73. The van der Waals surface area contributed by atoms with E-state index >= 15 is 0 Å². The summed E-state index contributed by atoms with van der Waals surface area (Å²) in [6.07, 6.45) is 0.853. The predicted octanol–water partition coefficient (Wildman–Crippen LogP) is 4.49. The van der Waals surface area contributed by atoms with Gasteiger partial charge in [-0.05, 0) is 18.0 Å². The molecule has 0 N–H and O–H groups in total. The quantitative estimate of drug-likeness (QED) is 0.113. The molecule has 0 amide bonds. The number of thioether (sulfide) groups is 1. The smallest absolute Gasteiger partial charge is 0.307 e. The van der Waals surface area contributed by atoms with E-state index in [1.165, 1.54) is 26.4 Å². The van der Waals surface area contributed by atoms with Gasteiger partial charge in [-0.1, -0.05) is 73.3 Å². The highest BCUT2D eigenvalue weighted by Gasteiger charge is 2.35. The Bertz CT molecular complexity index is 970. The lowest BCUT2D eigenvalue weighted by molar-refractivity contribution is 0.154. The van der Waals surface area contributed by atoms with Crippen LogP contribution >= 0.6 is 23.4 Å². The lowest BCUT2D eigenvalue weighted by atomic mass is 10.2. The summed E-state index contributed by atoms with van der Waals surface area (Å²) in [5.41, 5.74) is 1.12. The SMILES string of the molecule is C[Si](C)(C)CCOCN(c1cc(Cl)nc(SCc2ccccc2)n1)S(=O)(=O)N1CCC1. The van der Waals surface area contributed by atoms with Crippen molar-refractivity contribution in [1.29, 1.82) is 0 Å². The summed E-state index contributed by atoms with van der Waals surface area (Å²) < 4.78 is 34.8. The monoisotopic (exact) mass is 500 g/mol. The highest BCUT2D eigenvalue weighted by molar-refractivity contribution is 7.98. The van der Waals surface area contributed by atoms with Gasteiger partial charge in [0.2, 0.25) is 0 Å². The number of benzene rings is 1. The van der Waals surface area contributed by atoms with Crippen LogP contribution in [0.5, 0.6) is 0 Å². The Kier molecular flexibility index (Phi) is 8.39. The molecule has 2 aromatic rings. The van der Waals surface area contributed by atoms with Crippen LogP contribution < -0.4 is 4.31 Å². The fourth-order valence-corrected chi connectivity index (χ4v) is 6.06. The van der Waals surface area contributed by atoms with Crippen LogP contribution in [0, 0.1) is 0 Å². The molecule has 11 heteroatoms. The lowest BCUT2D eigenvalue weighted by Crippen LogP contribution is -2.51. The molecule has 0 spiro atoms. The third kappa shape index (κ3) is 7.16. The molecule has 2 heterocycles. The number of aromatic nitrogens is 2. The second-order valence-electron chi connectivity index (χ2n) is 8.56. The number of ether oxygens (including phenoxy) is 1. The summed E-state index contributed by atoms with van der Waals surface area (Å²) in [6.45, 7) is 8.18. The van der Waals surface area contributed by atoms with E-state index < -0.39 is 18.3 Å². The van der Waals surface area contributed by atoms with E-state index in [2.05, 4.69) is 29.6 Å². The predicted molar refractivity (Wildman–Crippen MR) is 130 cm³/mol. The maximum Gasteiger partial charge on any atom is 0.307 e. The number of nitrogens with zero attached hydrogens (tertiary/aromatic N) is 4. The zero-order chi connectivity index (χ0) is 22.5. The maximum atomic E-state index is 13.2. The molecule has 170 valence electrons. The van der Waals surface area contributed by atoms with Crippen LogP contribution in [0.15, 0.2) is 41.6 Å². The average molecular weight is 501 g/mol. The van der Waals surface area contributed by atoms with Crippen LogP contribution in [-0.4, -0.2) is 57.2 Å². The molecule has 1 aromatic carbocycles. The molecule has 0 atom stereocenters. The van der Waals surface area contributed by atoms with Gasteiger partial charge in [0.25, 0.3) is 0 Å². The van der Waals surface area contributed by atoms with Gasteiger partial charge >= 0.3 is 10.2 Å². The number of hydrogen-bond donors (Lipinski definition) is 0. The Balaban J connectivity index is 1.79. The number of hydrogen-bond acceptors (Lipinski definition) is 6. The van der Waals surface area contributed by atoms with Gasteiger partial charge in [-0.2, -0.15) is 12.7 Å². The lowest BCUT2D eigenvalue weighted by Gasteiger charge is -2.35. The molecule has 0 radical (unpaired) electrons. The van der Waals surface area contributed by atoms with Gasteiger partial charge in [-0.25, -0.2) is 14.3 Å². The first-order valence-corrected chi connectivity index (χ1v) is 16.7. The van der Waals surface area contributed by atoms with E-state index in [1.54, 1.807) is 0 Å². The molecule has 1 saturated heterocycles. The van der Waals surface area contributed by atoms with E-state index in [-0.39, 0.29) is 17.7 Å². The number of rotatable bonds is 11. The highest BCUT2D eigenvalue weighted by Crippen LogP contribution is 2.28. The summed E-state index contributed by atoms with van der Waals surface area (Å²) in [5.74, 6) is 0.891. The first-order valence-electron chi connectivity index (χ1n) is 10.2. The molecule has 1 aromatic heterocycles. The van der Waals surface area contributed by atoms with Crippen LogP contribution in [-0.2, 0) is 20.7 Å². The van der Waals surface area contributed by atoms with Crippen molar-refractivity contribution < 1.29 is 13.2 Å². The molecule has 1 aliphatic rings. The molecule has 3 rings (SSSR count). The van der Waals surface area contributed by atoms with Crippen LogP contribution in [0.1, 0.15) is 12.0 Å². The first-order chi connectivity index (χ1) is 14.6. The van der Waals surface area contributed by atoms with Crippen LogP contribution in [0.3, 0.4) is 0 Å². The largest absolute Gasteiger partial charge is 0.360 e. The Morgan fingerprint density at radius 3 is 2.52 bits per heavy atom. The van der Waals surface area contributed by atoms with Crippen molar-refractivity contribution in [2.45, 2.75) is 43.0 Å². The maximum absolute atomic E-state index is 13.2. The van der Waals surface area contributed by atoms with Gasteiger partial charge in [0.15, 0.2) is 11.0 Å². The highest BCUT2D eigenvalue weighted by atomic mass is 35.5. The molecule has 31 heavy (non-hydrogen) atoms. The van der Waals surface area contributed by atoms with Crippen molar-refractivity contribution >= 4 is 47.5 Å². The molecular formula is C20H29ClN4O3S2Si. The van der Waals surface area contributed by atoms with Crippen LogP contribution in [0.4, 0.5) is 5.82 Å². The fraction of sp³-hybridized carbons (Fsp3) is 0.500. The third-order valence-electron chi connectivity index (χ3n) is 4.75. The van der Waals surface area contributed by atoms with E-state index in [1.807, 2.05) is 30.3 Å². The van der Waals surface area contributed by atoms with Gasteiger partial charge in [-0.15, -0.1) is 0 Å². The Labute approximate surface area is 195 Å². The molecule has 1 fully saturated rings. The molecular weight excluding hydrogens is 472 g/mol. The Morgan fingerprint density at radius 2 is 1.90 bits per heavy atom. The van der Waals surface area contributed by atoms with Gasteiger partial charge in [0.05, 0.1) is 0 Å². The number of anilines is 1. The normalized spacial score (nSPS) is 15.0. The standard InChI is InChI=1S/C20H29ClN4O3S2Si/c1-31(2,3)13-12-28-16-25(30(26,27)24-10-7-11-24)19-14-18(21)22-20(23-19)29-15-17-8-5-4-6-9-17/h4-6,8-9,14H,7,10-13,15-16H2,1-3H3. The minimum atomic E-state index is -3.74. The van der Waals surface area contributed by atoms with Crippen molar-refractivity contribution in [2.24, 2.45) is 0 Å². The second-order valence-corrected chi connectivity index (χ2v) is 17.4. The average Bonchev–Trinajstić information content (AvgIpc) is 2.64. The third-order valence-corrected chi connectivity index (χ3v) is 9.44. The minimum Gasteiger partial charge on any atom is -0.360 e. The molecule has 0 bridgehead atoms. The summed E-state index contributed by atoms with van der Waals surface area (Å²) in [6, 6.07) is 12.4. The van der Waals surface area contributed by atoms with E-state index in [9.17, 15) is 8.42 Å². The van der Waals surface area contributed by atoms with Crippen LogP contribution in [0.2, 0.25) is 30.8 Å². The zero-order valence-electron chi connectivity index (χ0n) is 18.1.